The van der Waals surface area contributed by atoms with Crippen LogP contribution in [0.3, 0.4) is 0 Å². The van der Waals surface area contributed by atoms with Crippen molar-refractivity contribution >= 4 is 15.2 Å². The summed E-state index contributed by atoms with van der Waals surface area (Å²) in [6, 6.07) is 5.04. The van der Waals surface area contributed by atoms with E-state index in [2.05, 4.69) is 0 Å². The highest BCUT2D eigenvalue weighted by molar-refractivity contribution is 7.78. The Morgan fingerprint density at radius 2 is 1.10 bits per heavy atom. The van der Waals surface area contributed by atoms with E-state index in [1.165, 1.54) is 33.8 Å². The lowest BCUT2D eigenvalue weighted by molar-refractivity contribution is -0.132. The minimum Gasteiger partial charge on any atom is -0.305 e. The van der Waals surface area contributed by atoms with E-state index in [4.69, 9.17) is 18.1 Å². The molecule has 1 aromatic rings. The average Bonchev–Trinajstić information content (AvgIpc) is 2.66. The summed E-state index contributed by atoms with van der Waals surface area (Å²) in [6.45, 7) is 3.11. The van der Waals surface area contributed by atoms with Gasteiger partial charge in [-0.25, -0.2) is 0 Å². The fourth-order valence-corrected chi connectivity index (χ4v) is 7.63. The van der Waals surface area contributed by atoms with Gasteiger partial charge in [0.05, 0.1) is 26.4 Å². The molecule has 0 heterocycles. The van der Waals surface area contributed by atoms with Gasteiger partial charge in [0.25, 0.3) is 0 Å². The Labute approximate surface area is 177 Å². The van der Waals surface area contributed by atoms with Gasteiger partial charge in [-0.3, -0.25) is 9.13 Å². The number of halogens is 5. The third kappa shape index (κ3) is 6.46. The van der Waals surface area contributed by atoms with Crippen molar-refractivity contribution in [3.63, 3.8) is 0 Å². The largest absolute Gasteiger partial charge is 0.420 e. The maximum atomic E-state index is 15.3. The van der Waals surface area contributed by atoms with Gasteiger partial charge >= 0.3 is 27.3 Å². The van der Waals surface area contributed by atoms with Crippen LogP contribution in [0.25, 0.3) is 0 Å². The molecule has 0 spiro atoms. The number of alkyl halides is 5. The van der Waals surface area contributed by atoms with Crippen molar-refractivity contribution in [2.45, 2.75) is 39.8 Å². The van der Waals surface area contributed by atoms with E-state index in [9.17, 15) is 22.3 Å². The standard InChI is InChI=1S/C18H25F5O6P2/c1-5-26-30(24,27-6-2)16(31(25,28-7-3)29-8-4)15(18(21,22)23)17(19,20)14-12-10-9-11-13-14/h9-13H,5-8H2,1-4H3. The second-order valence-corrected chi connectivity index (χ2v) is 10.1. The maximum Gasteiger partial charge on any atom is 0.420 e. The molecule has 0 saturated carbocycles. The highest BCUT2D eigenvalue weighted by Gasteiger charge is 2.61. The molecule has 0 bridgehead atoms. The molecule has 0 atom stereocenters. The van der Waals surface area contributed by atoms with Gasteiger partial charge in [-0.15, -0.1) is 0 Å². The van der Waals surface area contributed by atoms with Crippen LogP contribution >= 0.6 is 15.2 Å². The van der Waals surface area contributed by atoms with Crippen LogP contribution in [-0.4, -0.2) is 32.6 Å². The molecular formula is C18H25F5O6P2. The summed E-state index contributed by atoms with van der Waals surface area (Å²) >= 11 is 0. The molecule has 0 saturated heterocycles. The Morgan fingerprint density at radius 1 is 0.742 bits per heavy atom. The normalized spacial score (nSPS) is 13.3. The van der Waals surface area contributed by atoms with Crippen molar-refractivity contribution in [1.29, 1.82) is 0 Å². The SMILES string of the molecule is CCOP(=O)(OCC)C(=C(C(F)(F)F)C(F)(F)c1ccccc1)P(=O)(OCC)OCC. The van der Waals surface area contributed by atoms with Crippen molar-refractivity contribution in [2.75, 3.05) is 26.4 Å². The van der Waals surface area contributed by atoms with Gasteiger partial charge in [0.15, 0.2) is 5.06 Å². The van der Waals surface area contributed by atoms with Crippen LogP contribution in [0.2, 0.25) is 0 Å². The molecule has 0 aromatic heterocycles. The highest BCUT2D eigenvalue weighted by atomic mass is 31.2. The van der Waals surface area contributed by atoms with Crippen molar-refractivity contribution < 1.29 is 49.2 Å². The van der Waals surface area contributed by atoms with Crippen molar-refractivity contribution in [1.82, 2.24) is 0 Å². The summed E-state index contributed by atoms with van der Waals surface area (Å²) < 4.78 is 120. The Morgan fingerprint density at radius 3 is 1.39 bits per heavy atom. The van der Waals surface area contributed by atoms with E-state index in [1.54, 1.807) is 0 Å². The zero-order valence-electron chi connectivity index (χ0n) is 17.4. The molecule has 0 unspecified atom stereocenters. The Balaban J connectivity index is 4.21. The van der Waals surface area contributed by atoms with Crippen molar-refractivity contribution in [3.8, 4) is 0 Å². The molecule has 0 N–H and O–H groups in total. The first-order valence-corrected chi connectivity index (χ1v) is 12.5. The van der Waals surface area contributed by atoms with E-state index in [0.29, 0.717) is 0 Å². The lowest BCUT2D eigenvalue weighted by atomic mass is 10.0. The van der Waals surface area contributed by atoms with Crippen LogP contribution in [0.5, 0.6) is 0 Å². The molecule has 178 valence electrons. The first kappa shape index (κ1) is 27.9. The first-order chi connectivity index (χ1) is 14.3. The summed E-state index contributed by atoms with van der Waals surface area (Å²) in [5.74, 6) is -4.79. The molecular weight excluding hydrogens is 469 g/mol. The van der Waals surface area contributed by atoms with E-state index < -0.39 is 69.9 Å². The Kier molecular flexibility index (Phi) is 10.1. The molecule has 0 aliphatic rings. The highest BCUT2D eigenvalue weighted by Crippen LogP contribution is 2.77. The molecule has 0 fully saturated rings. The molecule has 1 rings (SSSR count). The van der Waals surface area contributed by atoms with E-state index in [0.717, 1.165) is 24.3 Å². The minimum atomic E-state index is -5.80. The van der Waals surface area contributed by atoms with E-state index >= 15 is 8.78 Å². The molecule has 0 amide bonds. The van der Waals surface area contributed by atoms with Crippen molar-refractivity contribution in [2.24, 2.45) is 0 Å². The quantitative estimate of drug-likeness (QED) is 0.228. The number of benzene rings is 1. The molecule has 13 heteroatoms. The van der Waals surface area contributed by atoms with Gasteiger partial charge in [-0.05, 0) is 27.7 Å². The molecule has 31 heavy (non-hydrogen) atoms. The Hall–Kier alpha value is -1.09. The lowest BCUT2D eigenvalue weighted by Crippen LogP contribution is -2.31. The monoisotopic (exact) mass is 494 g/mol. The third-order valence-corrected chi connectivity index (χ3v) is 9.02. The maximum absolute atomic E-state index is 15.3. The van der Waals surface area contributed by atoms with Gasteiger partial charge in [-0.1, -0.05) is 30.3 Å². The predicted octanol–water partition coefficient (Wildman–Crippen LogP) is 7.08. The van der Waals surface area contributed by atoms with Crippen LogP contribution < -0.4 is 0 Å². The summed E-state index contributed by atoms with van der Waals surface area (Å²) in [7, 11) is -10.4. The molecule has 6 nitrogen and oxygen atoms in total. The van der Waals surface area contributed by atoms with Gasteiger partial charge in [0, 0.05) is 5.56 Å². The van der Waals surface area contributed by atoms with Gasteiger partial charge in [-0.2, -0.15) is 22.0 Å². The van der Waals surface area contributed by atoms with Gasteiger partial charge in [0.2, 0.25) is 0 Å². The van der Waals surface area contributed by atoms with Gasteiger partial charge < -0.3 is 18.1 Å². The molecule has 1 aromatic carbocycles. The second-order valence-electron chi connectivity index (χ2n) is 5.80. The number of hydrogen-bond donors (Lipinski definition) is 0. The summed E-state index contributed by atoms with van der Waals surface area (Å²) in [4.78, 5) is 0. The van der Waals surface area contributed by atoms with Crippen LogP contribution in [-0.2, 0) is 33.1 Å². The number of allylic oxidation sites excluding steroid dienone is 1. The topological polar surface area (TPSA) is 71.1 Å². The second kappa shape index (κ2) is 11.2. The summed E-state index contributed by atoms with van der Waals surface area (Å²) in [5, 5.41) is -1.85. The fourth-order valence-electron chi connectivity index (χ4n) is 2.66. The predicted molar refractivity (Wildman–Crippen MR) is 105 cm³/mol. The number of hydrogen-bond acceptors (Lipinski definition) is 6. The number of rotatable bonds is 12. The molecule has 0 radical (unpaired) electrons. The molecule has 0 aliphatic heterocycles. The van der Waals surface area contributed by atoms with E-state index in [-0.39, 0.29) is 0 Å². The minimum absolute atomic E-state index is 0.485. The zero-order chi connectivity index (χ0) is 23.9. The third-order valence-electron chi connectivity index (χ3n) is 3.67. The molecule has 0 aliphatic carbocycles. The Bertz CT molecular complexity index is 790. The summed E-state index contributed by atoms with van der Waals surface area (Å²) in [5.41, 5.74) is -3.74. The van der Waals surface area contributed by atoms with Gasteiger partial charge in [0.1, 0.15) is 5.57 Å². The lowest BCUT2D eigenvalue weighted by Gasteiger charge is -2.31. The van der Waals surface area contributed by atoms with Crippen LogP contribution in [0.15, 0.2) is 41.0 Å². The zero-order valence-corrected chi connectivity index (χ0v) is 19.2. The van der Waals surface area contributed by atoms with E-state index in [1.807, 2.05) is 0 Å². The van der Waals surface area contributed by atoms with Crippen LogP contribution in [0.1, 0.15) is 33.3 Å². The summed E-state index contributed by atoms with van der Waals surface area (Å²) in [6.07, 6.45) is -5.80. The first-order valence-electron chi connectivity index (χ1n) is 9.38. The van der Waals surface area contributed by atoms with Crippen LogP contribution in [0.4, 0.5) is 22.0 Å². The smallest absolute Gasteiger partial charge is 0.305 e. The fraction of sp³-hybridized carbons (Fsp3) is 0.556. The van der Waals surface area contributed by atoms with Crippen molar-refractivity contribution in [3.05, 3.63) is 46.5 Å². The van der Waals surface area contributed by atoms with Crippen LogP contribution in [0, 0.1) is 0 Å². The average molecular weight is 494 g/mol.